The molecule has 21 heavy (non-hydrogen) atoms. The number of hydrogen-bond donors (Lipinski definition) is 1. The van der Waals surface area contributed by atoms with Gasteiger partial charge in [0.25, 0.3) is 0 Å². The zero-order chi connectivity index (χ0) is 15.1. The molecule has 1 N–H and O–H groups in total. The highest BCUT2D eigenvalue weighted by atomic mass is 16.5. The molecule has 1 aliphatic rings. The average Bonchev–Trinajstić information content (AvgIpc) is 3.34. The maximum Gasteiger partial charge on any atom is 0.330 e. The maximum absolute atomic E-state index is 12.4. The average molecular weight is 291 g/mol. The summed E-state index contributed by atoms with van der Waals surface area (Å²) in [7, 11) is 1.43. The largest absolute Gasteiger partial charge is 0.467 e. The molecule has 1 saturated carbocycles. The van der Waals surface area contributed by atoms with Gasteiger partial charge in [-0.25, -0.2) is 4.79 Å². The fraction of sp³-hybridized carbons (Fsp3) is 0.588. The number of hydrogen-bond acceptors (Lipinski definition) is 4. The van der Waals surface area contributed by atoms with Crippen LogP contribution in [0.1, 0.15) is 31.7 Å². The molecule has 1 atom stereocenters. The number of ether oxygens (including phenoxy) is 2. The minimum absolute atomic E-state index is 0.259. The first-order valence-corrected chi connectivity index (χ1v) is 7.69. The second-order valence-electron chi connectivity index (χ2n) is 5.56. The summed E-state index contributed by atoms with van der Waals surface area (Å²) in [5.41, 5.74) is 0.0997. The maximum atomic E-state index is 12.4. The Hall–Kier alpha value is -1.39. The third-order valence-corrected chi connectivity index (χ3v) is 3.95. The standard InChI is InChI=1S/C17H25NO3/c1-3-18-17(16(19)20-2,15-7-5-4-6-8-15)11-12-21-13-14-9-10-14/h4-8,14,18H,3,9-13H2,1-2H3. The monoisotopic (exact) mass is 291 g/mol. The summed E-state index contributed by atoms with van der Waals surface area (Å²) in [5.74, 6) is 0.471. The van der Waals surface area contributed by atoms with Gasteiger partial charge in [0.2, 0.25) is 0 Å². The number of carbonyl (C=O) groups excluding carboxylic acids is 1. The first-order valence-electron chi connectivity index (χ1n) is 7.69. The lowest BCUT2D eigenvalue weighted by molar-refractivity contribution is -0.150. The van der Waals surface area contributed by atoms with Crippen LogP contribution in [-0.2, 0) is 19.8 Å². The van der Waals surface area contributed by atoms with E-state index in [-0.39, 0.29) is 5.97 Å². The molecule has 0 amide bonds. The molecule has 0 bridgehead atoms. The molecular formula is C17H25NO3. The van der Waals surface area contributed by atoms with Gasteiger partial charge in [-0.3, -0.25) is 5.32 Å². The van der Waals surface area contributed by atoms with Crippen LogP contribution in [0.5, 0.6) is 0 Å². The van der Waals surface area contributed by atoms with Gasteiger partial charge < -0.3 is 9.47 Å². The molecule has 1 unspecified atom stereocenters. The van der Waals surface area contributed by atoms with Gasteiger partial charge in [0.1, 0.15) is 5.54 Å². The quantitative estimate of drug-likeness (QED) is 0.561. The Morgan fingerprint density at radius 1 is 1.33 bits per heavy atom. The zero-order valence-corrected chi connectivity index (χ0v) is 12.9. The summed E-state index contributed by atoms with van der Waals surface area (Å²) in [6.45, 7) is 4.03. The van der Waals surface area contributed by atoms with E-state index in [1.807, 2.05) is 37.3 Å². The van der Waals surface area contributed by atoms with Crippen molar-refractivity contribution in [2.45, 2.75) is 31.7 Å². The predicted octanol–water partition coefficient (Wildman–Crippen LogP) is 2.48. The molecule has 0 radical (unpaired) electrons. The third-order valence-electron chi connectivity index (χ3n) is 3.95. The smallest absolute Gasteiger partial charge is 0.330 e. The van der Waals surface area contributed by atoms with E-state index >= 15 is 0 Å². The van der Waals surface area contributed by atoms with Crippen molar-refractivity contribution in [2.75, 3.05) is 26.9 Å². The van der Waals surface area contributed by atoms with Crippen LogP contribution in [0.4, 0.5) is 0 Å². The molecule has 1 aliphatic carbocycles. The van der Waals surface area contributed by atoms with Crippen molar-refractivity contribution in [3.8, 4) is 0 Å². The lowest BCUT2D eigenvalue weighted by atomic mass is 9.86. The van der Waals surface area contributed by atoms with Crippen LogP contribution < -0.4 is 5.32 Å². The predicted molar refractivity (Wildman–Crippen MR) is 82.0 cm³/mol. The molecule has 1 aromatic rings. The van der Waals surface area contributed by atoms with Gasteiger partial charge in [-0.2, -0.15) is 0 Å². The summed E-state index contributed by atoms with van der Waals surface area (Å²) in [5, 5.41) is 3.31. The highest BCUT2D eigenvalue weighted by molar-refractivity contribution is 5.82. The molecular weight excluding hydrogens is 266 g/mol. The Kier molecular flexibility index (Phi) is 5.76. The van der Waals surface area contributed by atoms with Crippen LogP contribution >= 0.6 is 0 Å². The van der Waals surface area contributed by atoms with Gasteiger partial charge in [0.15, 0.2) is 0 Å². The Morgan fingerprint density at radius 3 is 2.62 bits per heavy atom. The summed E-state index contributed by atoms with van der Waals surface area (Å²) in [6, 6.07) is 9.74. The van der Waals surface area contributed by atoms with Crippen molar-refractivity contribution in [1.82, 2.24) is 5.32 Å². The third kappa shape index (κ3) is 4.05. The summed E-state index contributed by atoms with van der Waals surface area (Å²) < 4.78 is 10.8. The number of carbonyl (C=O) groups is 1. The molecule has 0 aromatic heterocycles. The van der Waals surface area contributed by atoms with Crippen molar-refractivity contribution in [2.24, 2.45) is 5.92 Å². The van der Waals surface area contributed by atoms with Crippen LogP contribution in [-0.4, -0.2) is 32.8 Å². The highest BCUT2D eigenvalue weighted by Crippen LogP contribution is 2.30. The van der Waals surface area contributed by atoms with Gasteiger partial charge in [-0.05, 0) is 30.9 Å². The second-order valence-corrected chi connectivity index (χ2v) is 5.56. The summed E-state index contributed by atoms with van der Waals surface area (Å²) >= 11 is 0. The minimum Gasteiger partial charge on any atom is -0.467 e. The van der Waals surface area contributed by atoms with E-state index in [1.54, 1.807) is 0 Å². The van der Waals surface area contributed by atoms with Crippen LogP contribution in [0, 0.1) is 5.92 Å². The fourth-order valence-electron chi connectivity index (χ4n) is 2.59. The van der Waals surface area contributed by atoms with Gasteiger partial charge in [-0.15, -0.1) is 0 Å². The van der Waals surface area contributed by atoms with E-state index in [1.165, 1.54) is 20.0 Å². The molecule has 1 aromatic carbocycles. The van der Waals surface area contributed by atoms with E-state index in [2.05, 4.69) is 5.32 Å². The zero-order valence-electron chi connectivity index (χ0n) is 12.9. The van der Waals surface area contributed by atoms with E-state index < -0.39 is 5.54 Å². The Bertz CT molecular complexity index is 445. The molecule has 0 spiro atoms. The molecule has 4 heteroatoms. The number of methoxy groups -OCH3 is 1. The van der Waals surface area contributed by atoms with E-state index in [0.717, 1.165) is 18.1 Å². The lowest BCUT2D eigenvalue weighted by Gasteiger charge is -2.32. The second kappa shape index (κ2) is 7.57. The van der Waals surface area contributed by atoms with E-state index in [0.29, 0.717) is 19.6 Å². The number of rotatable bonds is 9. The summed E-state index contributed by atoms with van der Waals surface area (Å²) in [6.07, 6.45) is 3.12. The van der Waals surface area contributed by atoms with Crippen molar-refractivity contribution < 1.29 is 14.3 Å². The first-order chi connectivity index (χ1) is 10.2. The molecule has 116 valence electrons. The van der Waals surface area contributed by atoms with Crippen molar-refractivity contribution in [3.63, 3.8) is 0 Å². The van der Waals surface area contributed by atoms with E-state index in [4.69, 9.17) is 9.47 Å². The van der Waals surface area contributed by atoms with Crippen LogP contribution in [0.15, 0.2) is 30.3 Å². The summed E-state index contributed by atoms with van der Waals surface area (Å²) in [4.78, 5) is 12.4. The van der Waals surface area contributed by atoms with E-state index in [9.17, 15) is 4.79 Å². The number of esters is 1. The van der Waals surface area contributed by atoms with Crippen LogP contribution in [0.2, 0.25) is 0 Å². The van der Waals surface area contributed by atoms with Crippen LogP contribution in [0.25, 0.3) is 0 Å². The Morgan fingerprint density at radius 2 is 2.05 bits per heavy atom. The first kappa shape index (κ1) is 16.0. The normalized spacial score (nSPS) is 17.2. The van der Waals surface area contributed by atoms with Gasteiger partial charge in [-0.1, -0.05) is 37.3 Å². The van der Waals surface area contributed by atoms with Crippen molar-refractivity contribution in [3.05, 3.63) is 35.9 Å². The minimum atomic E-state index is -0.825. The molecule has 4 nitrogen and oxygen atoms in total. The molecule has 0 aliphatic heterocycles. The highest BCUT2D eigenvalue weighted by Gasteiger charge is 2.40. The molecule has 0 saturated heterocycles. The topological polar surface area (TPSA) is 47.6 Å². The molecule has 0 heterocycles. The molecule has 1 fully saturated rings. The molecule has 2 rings (SSSR count). The fourth-order valence-corrected chi connectivity index (χ4v) is 2.59. The lowest BCUT2D eigenvalue weighted by Crippen LogP contribution is -2.50. The van der Waals surface area contributed by atoms with Crippen molar-refractivity contribution in [1.29, 1.82) is 0 Å². The van der Waals surface area contributed by atoms with Gasteiger partial charge >= 0.3 is 5.97 Å². The Balaban J connectivity index is 2.11. The van der Waals surface area contributed by atoms with Gasteiger partial charge in [0, 0.05) is 19.6 Å². The van der Waals surface area contributed by atoms with Crippen LogP contribution in [0.3, 0.4) is 0 Å². The number of likely N-dealkylation sites (N-methyl/N-ethyl adjacent to an activating group) is 1. The van der Waals surface area contributed by atoms with Gasteiger partial charge in [0.05, 0.1) is 7.11 Å². The SMILES string of the molecule is CCNC(CCOCC1CC1)(C(=O)OC)c1ccccc1. The van der Waals surface area contributed by atoms with Crippen molar-refractivity contribution >= 4 is 5.97 Å². The number of benzene rings is 1. The Labute approximate surface area is 126 Å². The number of nitrogens with one attached hydrogen (secondary N) is 1.